The first kappa shape index (κ1) is 15.8. The molecule has 0 unspecified atom stereocenters. The van der Waals surface area contributed by atoms with E-state index in [1.54, 1.807) is 11.0 Å². The third-order valence-electron chi connectivity index (χ3n) is 3.07. The summed E-state index contributed by atoms with van der Waals surface area (Å²) in [5.74, 6) is -1.29. The predicted molar refractivity (Wildman–Crippen MR) is 75.0 cm³/mol. The second-order valence-corrected chi connectivity index (χ2v) is 4.99. The predicted octanol–water partition coefficient (Wildman–Crippen LogP) is 4.94. The van der Waals surface area contributed by atoms with Gasteiger partial charge in [0.1, 0.15) is 17.7 Å². The zero-order valence-electron chi connectivity index (χ0n) is 11.2. The average Bonchev–Trinajstić information content (AvgIpc) is 2.39. The van der Waals surface area contributed by atoms with E-state index < -0.39 is 17.6 Å². The van der Waals surface area contributed by atoms with Crippen molar-refractivity contribution in [3.8, 4) is 0 Å². The highest BCUT2D eigenvalue weighted by atomic mass is 35.5. The van der Waals surface area contributed by atoms with Crippen molar-refractivity contribution >= 4 is 22.5 Å². The van der Waals surface area contributed by atoms with Crippen LogP contribution in [0, 0.1) is 5.82 Å². The van der Waals surface area contributed by atoms with Crippen LogP contribution in [0.5, 0.6) is 0 Å². The molecule has 114 valence electrons. The lowest BCUT2D eigenvalue weighted by Gasteiger charge is -2.29. The molecule has 0 amide bonds. The van der Waals surface area contributed by atoms with Crippen molar-refractivity contribution in [2.24, 2.45) is 4.99 Å². The van der Waals surface area contributed by atoms with Gasteiger partial charge in [-0.3, -0.25) is 4.99 Å². The first-order valence-corrected chi connectivity index (χ1v) is 6.75. The van der Waals surface area contributed by atoms with Gasteiger partial charge in [-0.2, -0.15) is 13.2 Å². The van der Waals surface area contributed by atoms with Crippen LogP contribution in [0.3, 0.4) is 0 Å². The Balaban J connectivity index is 2.40. The fourth-order valence-corrected chi connectivity index (χ4v) is 2.28. The monoisotopic (exact) mass is 320 g/mol. The van der Waals surface area contributed by atoms with Crippen molar-refractivity contribution < 1.29 is 17.6 Å². The molecule has 2 rings (SSSR count). The molecule has 0 bridgehead atoms. The summed E-state index contributed by atoms with van der Waals surface area (Å²) in [5.41, 5.74) is -0.273. The Bertz CT molecular complexity index is 593. The molecule has 1 aromatic carbocycles. The summed E-state index contributed by atoms with van der Waals surface area (Å²) in [5, 5.41) is 0.313. The third kappa shape index (κ3) is 3.56. The number of alkyl halides is 3. The molecule has 0 saturated carbocycles. The van der Waals surface area contributed by atoms with E-state index in [0.29, 0.717) is 11.6 Å². The van der Waals surface area contributed by atoms with Crippen molar-refractivity contribution in [3.05, 3.63) is 41.4 Å². The van der Waals surface area contributed by atoms with Gasteiger partial charge in [0, 0.05) is 11.4 Å². The summed E-state index contributed by atoms with van der Waals surface area (Å²) in [6.45, 7) is 2.07. The number of rotatable bonds is 3. The lowest BCUT2D eigenvalue weighted by molar-refractivity contribution is -0.139. The Morgan fingerprint density at radius 3 is 2.67 bits per heavy atom. The lowest BCUT2D eigenvalue weighted by Crippen LogP contribution is -2.27. The van der Waals surface area contributed by atoms with Gasteiger partial charge in [-0.05, 0) is 30.7 Å². The van der Waals surface area contributed by atoms with Crippen molar-refractivity contribution in [1.82, 2.24) is 0 Å². The van der Waals surface area contributed by atoms with Gasteiger partial charge in [0.05, 0.1) is 5.56 Å². The smallest absolute Gasteiger partial charge is 0.325 e. The van der Waals surface area contributed by atoms with Gasteiger partial charge in [0.25, 0.3) is 0 Å². The normalized spacial score (nSPS) is 15.8. The molecule has 0 aliphatic carbocycles. The van der Waals surface area contributed by atoms with E-state index in [-0.39, 0.29) is 12.4 Å². The molecule has 1 aliphatic rings. The van der Waals surface area contributed by atoms with E-state index >= 15 is 0 Å². The summed E-state index contributed by atoms with van der Waals surface area (Å²) in [7, 11) is 0. The Morgan fingerprint density at radius 2 is 2.05 bits per heavy atom. The number of halogens is 5. The van der Waals surface area contributed by atoms with Crippen LogP contribution in [0.25, 0.3) is 0 Å². The molecule has 7 heteroatoms. The van der Waals surface area contributed by atoms with Crippen LogP contribution in [0.4, 0.5) is 23.2 Å². The molecule has 0 N–H and O–H groups in total. The highest BCUT2D eigenvalue weighted by Gasteiger charge is 2.34. The molecule has 0 fully saturated rings. The first-order chi connectivity index (χ1) is 9.82. The van der Waals surface area contributed by atoms with Crippen LogP contribution in [0.1, 0.15) is 25.3 Å². The number of hydrogen-bond acceptors (Lipinski definition) is 2. The van der Waals surface area contributed by atoms with Crippen LogP contribution in [-0.4, -0.2) is 11.8 Å². The maximum absolute atomic E-state index is 13.3. The van der Waals surface area contributed by atoms with Crippen LogP contribution in [0.2, 0.25) is 0 Å². The fourth-order valence-electron chi connectivity index (χ4n) is 2.10. The van der Waals surface area contributed by atoms with Crippen LogP contribution < -0.4 is 4.90 Å². The number of hydrogen-bond donors (Lipinski definition) is 0. The molecule has 2 nitrogen and oxygen atoms in total. The molecule has 1 heterocycles. The minimum atomic E-state index is -4.73. The summed E-state index contributed by atoms with van der Waals surface area (Å²) < 4.78 is 51.7. The zero-order valence-corrected chi connectivity index (χ0v) is 12.0. The fraction of sp³-hybridized carbons (Fsp3) is 0.357. The number of nitrogens with zero attached hydrogens (tertiary/aromatic N) is 2. The Labute approximate surface area is 124 Å². The summed E-state index contributed by atoms with van der Waals surface area (Å²) in [4.78, 5) is 5.59. The first-order valence-electron chi connectivity index (χ1n) is 6.37. The zero-order chi connectivity index (χ0) is 15.6. The molecular formula is C14H13ClF4N2. The van der Waals surface area contributed by atoms with Crippen molar-refractivity contribution in [1.29, 1.82) is 0 Å². The molecule has 0 saturated heterocycles. The molecule has 1 aliphatic heterocycles. The average molecular weight is 321 g/mol. The number of aliphatic imine (C=N–C) groups is 1. The minimum Gasteiger partial charge on any atom is -0.325 e. The van der Waals surface area contributed by atoms with E-state index in [0.717, 1.165) is 24.3 Å². The lowest BCUT2D eigenvalue weighted by atomic mass is 10.1. The van der Waals surface area contributed by atoms with Gasteiger partial charge in [-0.15, -0.1) is 0 Å². The summed E-state index contributed by atoms with van der Waals surface area (Å²) in [6.07, 6.45) is -1.67. The molecule has 0 spiro atoms. The van der Waals surface area contributed by atoms with E-state index in [4.69, 9.17) is 11.6 Å². The van der Waals surface area contributed by atoms with E-state index in [9.17, 15) is 17.6 Å². The molecule has 21 heavy (non-hydrogen) atoms. The Hall–Kier alpha value is -1.56. The van der Waals surface area contributed by atoms with Gasteiger partial charge in [-0.25, -0.2) is 4.39 Å². The van der Waals surface area contributed by atoms with Gasteiger partial charge in [-0.1, -0.05) is 24.9 Å². The molecular weight excluding hydrogens is 308 g/mol. The quantitative estimate of drug-likeness (QED) is 0.720. The number of allylic oxidation sites excluding steroid dienone is 2. The van der Waals surface area contributed by atoms with Gasteiger partial charge < -0.3 is 4.90 Å². The van der Waals surface area contributed by atoms with Crippen LogP contribution in [-0.2, 0) is 6.18 Å². The molecule has 1 aromatic rings. The topological polar surface area (TPSA) is 15.6 Å². The van der Waals surface area contributed by atoms with Crippen LogP contribution in [0.15, 0.2) is 35.0 Å². The van der Waals surface area contributed by atoms with Crippen molar-refractivity contribution in [2.45, 2.75) is 25.9 Å². The van der Waals surface area contributed by atoms with E-state index in [1.165, 1.54) is 6.07 Å². The second-order valence-electron chi connectivity index (χ2n) is 4.60. The Kier molecular flexibility index (Phi) is 4.56. The molecule has 0 aromatic heterocycles. The maximum Gasteiger partial charge on any atom is 0.419 e. The van der Waals surface area contributed by atoms with Crippen LogP contribution >= 0.6 is 11.6 Å². The SMILES string of the molecule is CCCC1=CC(Cl)=NCN1c1ccc(F)c(C(F)(F)F)c1. The highest BCUT2D eigenvalue weighted by molar-refractivity contribution is 6.68. The van der Waals surface area contributed by atoms with Crippen molar-refractivity contribution in [2.75, 3.05) is 11.6 Å². The van der Waals surface area contributed by atoms with E-state index in [2.05, 4.69) is 4.99 Å². The Morgan fingerprint density at radius 1 is 1.33 bits per heavy atom. The molecule has 0 radical (unpaired) electrons. The molecule has 0 atom stereocenters. The van der Waals surface area contributed by atoms with Gasteiger partial charge in [0.2, 0.25) is 0 Å². The number of benzene rings is 1. The second kappa shape index (κ2) is 6.05. The van der Waals surface area contributed by atoms with Gasteiger partial charge in [0.15, 0.2) is 0 Å². The standard InChI is InChI=1S/C14H13ClF4N2/c1-2-3-9-7-13(15)20-8-21(9)10-4-5-12(16)11(6-10)14(17,18)19/h4-7H,2-3,8H2,1H3. The third-order valence-corrected chi connectivity index (χ3v) is 3.30. The largest absolute Gasteiger partial charge is 0.419 e. The van der Waals surface area contributed by atoms with Gasteiger partial charge >= 0.3 is 6.18 Å². The van der Waals surface area contributed by atoms with Crippen molar-refractivity contribution in [3.63, 3.8) is 0 Å². The summed E-state index contributed by atoms with van der Waals surface area (Å²) in [6, 6.07) is 2.93. The highest BCUT2D eigenvalue weighted by Crippen LogP contribution is 2.35. The minimum absolute atomic E-state index is 0.119. The summed E-state index contributed by atoms with van der Waals surface area (Å²) >= 11 is 5.84. The van der Waals surface area contributed by atoms with E-state index in [1.807, 2.05) is 6.92 Å². The number of anilines is 1. The maximum atomic E-state index is 13.3.